The topological polar surface area (TPSA) is 174 Å². The Morgan fingerprint density at radius 2 is 1.11 bits per heavy atom. The second-order valence-corrected chi connectivity index (χ2v) is 12.4. The number of primary amides is 2. The van der Waals surface area contributed by atoms with Gasteiger partial charge in [0.15, 0.2) is 0 Å². The Balaban J connectivity index is 1.75. The Labute approximate surface area is 241 Å². The third-order valence-corrected chi connectivity index (χ3v) is 9.47. The van der Waals surface area contributed by atoms with Crippen LogP contribution in [-0.2, 0) is 19.2 Å². The number of carbonyl (C=O) groups is 4. The zero-order valence-electron chi connectivity index (χ0n) is 21.2. The fraction of sp³-hybridized carbons (Fsp3) is 0.727. The van der Waals surface area contributed by atoms with Crippen molar-refractivity contribution >= 4 is 80.4 Å². The number of hydrogen-bond acceptors (Lipinski definition) is 10. The number of nitrogens with zero attached hydrogens (tertiary/aromatic N) is 4. The Morgan fingerprint density at radius 3 is 1.42 bits per heavy atom. The molecule has 0 spiro atoms. The highest BCUT2D eigenvalue weighted by Crippen LogP contribution is 2.25. The van der Waals surface area contributed by atoms with E-state index in [1.165, 1.54) is 23.5 Å². The van der Waals surface area contributed by atoms with Crippen LogP contribution in [0, 0.1) is 0 Å². The van der Waals surface area contributed by atoms with Gasteiger partial charge in [-0.05, 0) is 25.7 Å². The van der Waals surface area contributed by atoms with Crippen molar-refractivity contribution in [2.75, 3.05) is 38.2 Å². The summed E-state index contributed by atoms with van der Waals surface area (Å²) in [5, 5.41) is 19.2. The smallest absolute Gasteiger partial charge is 0.321 e. The number of thioether (sulfide) groups is 2. The molecule has 2 heterocycles. The van der Waals surface area contributed by atoms with E-state index in [4.69, 9.17) is 35.9 Å². The molecule has 2 rings (SSSR count). The molecule has 0 saturated carbocycles. The molecule has 0 aromatic heterocycles. The molecule has 2 amide bonds. The van der Waals surface area contributed by atoms with Gasteiger partial charge in [-0.1, -0.05) is 60.8 Å². The Kier molecular flexibility index (Phi) is 14.0. The second-order valence-electron chi connectivity index (χ2n) is 9.20. The molecule has 0 bridgehead atoms. The van der Waals surface area contributed by atoms with Crippen molar-refractivity contribution in [3.63, 3.8) is 0 Å². The van der Waals surface area contributed by atoms with Crippen molar-refractivity contribution in [2.45, 2.75) is 63.5 Å². The maximum absolute atomic E-state index is 11.7. The minimum atomic E-state index is -0.977. The van der Waals surface area contributed by atoms with E-state index in [0.717, 1.165) is 34.3 Å². The van der Waals surface area contributed by atoms with Gasteiger partial charge in [-0.15, -0.1) is 0 Å². The quantitative estimate of drug-likeness (QED) is 0.136. The third-order valence-electron chi connectivity index (χ3n) is 6.31. The zero-order chi connectivity index (χ0) is 28.2. The van der Waals surface area contributed by atoms with Crippen LogP contribution >= 0.6 is 48.0 Å². The summed E-state index contributed by atoms with van der Waals surface area (Å²) in [7, 11) is 0. The van der Waals surface area contributed by atoms with Gasteiger partial charge in [-0.3, -0.25) is 29.0 Å². The highest BCUT2D eigenvalue weighted by Gasteiger charge is 2.32. The van der Waals surface area contributed by atoms with E-state index in [9.17, 15) is 29.4 Å². The third kappa shape index (κ3) is 10.8. The monoisotopic (exact) mass is 608 g/mol. The lowest BCUT2D eigenvalue weighted by molar-refractivity contribution is -0.145. The molecule has 12 nitrogen and oxygen atoms in total. The number of amides is 2. The van der Waals surface area contributed by atoms with Gasteiger partial charge in [0.25, 0.3) is 0 Å². The first-order valence-electron chi connectivity index (χ1n) is 12.3. The van der Waals surface area contributed by atoms with Crippen molar-refractivity contribution in [1.29, 1.82) is 0 Å². The summed E-state index contributed by atoms with van der Waals surface area (Å²) in [4.78, 5) is 53.3. The van der Waals surface area contributed by atoms with Gasteiger partial charge in [-0.2, -0.15) is 0 Å². The van der Waals surface area contributed by atoms with Gasteiger partial charge in [0, 0.05) is 25.9 Å². The molecule has 2 fully saturated rings. The minimum Gasteiger partial charge on any atom is -0.480 e. The van der Waals surface area contributed by atoms with Gasteiger partial charge >= 0.3 is 11.9 Å². The number of unbranched alkanes of at least 4 members (excludes halogenated alkanes) is 3. The number of carbonyl (C=O) groups excluding carboxylic acids is 2. The van der Waals surface area contributed by atoms with Crippen molar-refractivity contribution in [1.82, 2.24) is 19.6 Å². The molecule has 0 radical (unpaired) electrons. The minimum absolute atomic E-state index is 0.0175. The van der Waals surface area contributed by atoms with Crippen LogP contribution in [0.5, 0.6) is 0 Å². The van der Waals surface area contributed by atoms with Crippen molar-refractivity contribution in [2.24, 2.45) is 11.5 Å². The summed E-state index contributed by atoms with van der Waals surface area (Å²) >= 11 is 13.8. The van der Waals surface area contributed by atoms with E-state index in [0.29, 0.717) is 38.2 Å². The van der Waals surface area contributed by atoms with Crippen LogP contribution in [0.15, 0.2) is 0 Å². The summed E-state index contributed by atoms with van der Waals surface area (Å²) in [6.45, 7) is 2.21. The Hall–Kier alpha value is -1.72. The Bertz CT molecular complexity index is 826. The molecule has 6 N–H and O–H groups in total. The predicted octanol–water partition coefficient (Wildman–Crippen LogP) is 1.09. The van der Waals surface area contributed by atoms with E-state index in [-0.39, 0.29) is 25.7 Å². The molecule has 2 saturated heterocycles. The number of hydrogen-bond donors (Lipinski definition) is 4. The first-order valence-corrected chi connectivity index (χ1v) is 15.1. The van der Waals surface area contributed by atoms with Crippen LogP contribution in [0.1, 0.15) is 51.4 Å². The summed E-state index contributed by atoms with van der Waals surface area (Å²) in [5.41, 5.74) is 10.4. The summed E-state index contributed by atoms with van der Waals surface area (Å²) < 4.78 is 1.47. The molecule has 2 atom stereocenters. The summed E-state index contributed by atoms with van der Waals surface area (Å²) in [6.07, 6.45) is 4.02. The predicted molar refractivity (Wildman–Crippen MR) is 155 cm³/mol. The van der Waals surface area contributed by atoms with Crippen molar-refractivity contribution in [3.8, 4) is 0 Å². The van der Waals surface area contributed by atoms with Crippen LogP contribution in [0.4, 0.5) is 0 Å². The number of rotatable bonds is 17. The number of aliphatic carboxylic acids is 2. The fourth-order valence-electron chi connectivity index (χ4n) is 4.24. The SMILES string of the molecule is NC(=O)CCC(C(=O)O)N1CSC(=S)N(CCCCCCN2CN(C(CCC(N)=O)C(=O)O)CSC2=S)C1. The van der Waals surface area contributed by atoms with Gasteiger partial charge in [-0.25, -0.2) is 0 Å². The first kappa shape index (κ1) is 32.5. The summed E-state index contributed by atoms with van der Waals surface area (Å²) in [6, 6.07) is -1.58. The number of carboxylic acid groups (broad SMARTS) is 2. The van der Waals surface area contributed by atoms with Crippen molar-refractivity contribution in [3.05, 3.63) is 0 Å². The van der Waals surface area contributed by atoms with Gasteiger partial charge in [0.2, 0.25) is 11.8 Å². The molecule has 2 unspecified atom stereocenters. The lowest BCUT2D eigenvalue weighted by Gasteiger charge is -2.39. The highest BCUT2D eigenvalue weighted by atomic mass is 32.2. The normalized spacial score (nSPS) is 18.8. The Morgan fingerprint density at radius 1 is 0.737 bits per heavy atom. The van der Waals surface area contributed by atoms with Crippen LogP contribution in [0.2, 0.25) is 0 Å². The highest BCUT2D eigenvalue weighted by molar-refractivity contribution is 8.23. The maximum atomic E-state index is 11.7. The molecule has 16 heteroatoms. The van der Waals surface area contributed by atoms with Gasteiger partial charge < -0.3 is 31.5 Å². The van der Waals surface area contributed by atoms with E-state index in [1.807, 2.05) is 9.80 Å². The molecular formula is C22H36N6O6S4. The van der Waals surface area contributed by atoms with Crippen LogP contribution in [0.25, 0.3) is 0 Å². The molecule has 0 aliphatic carbocycles. The van der Waals surface area contributed by atoms with Crippen LogP contribution < -0.4 is 11.5 Å². The number of nitrogens with two attached hydrogens (primary N) is 2. The molecule has 0 aromatic carbocycles. The van der Waals surface area contributed by atoms with Crippen LogP contribution in [0.3, 0.4) is 0 Å². The second kappa shape index (κ2) is 16.4. The summed E-state index contributed by atoms with van der Waals surface area (Å²) in [5.74, 6) is -2.07. The number of thiocarbonyl (C=S) groups is 2. The molecule has 214 valence electrons. The molecule has 2 aliphatic rings. The first-order chi connectivity index (χ1) is 18.0. The maximum Gasteiger partial charge on any atom is 0.321 e. The average Bonchev–Trinajstić information content (AvgIpc) is 2.83. The molecule has 2 aliphatic heterocycles. The molecule has 0 aromatic rings. The van der Waals surface area contributed by atoms with E-state index in [1.54, 1.807) is 9.80 Å². The average molecular weight is 609 g/mol. The lowest BCUT2D eigenvalue weighted by atomic mass is 10.1. The van der Waals surface area contributed by atoms with E-state index in [2.05, 4.69) is 0 Å². The standard InChI is InChI=1S/C22H36N6O6S4/c23-17(29)7-5-15(19(31)32)27-11-25(21(35)37-13-27)9-3-1-2-4-10-26-12-28(14-38-22(26)36)16(20(33)34)6-8-18(24)30/h15-16H,1-14H2,(H2,23,29)(H2,24,30)(H,31,32)(H,33,34). The van der Waals surface area contributed by atoms with E-state index >= 15 is 0 Å². The van der Waals surface area contributed by atoms with Crippen LogP contribution in [-0.4, -0.2) is 112 Å². The molecular weight excluding hydrogens is 573 g/mol. The molecule has 38 heavy (non-hydrogen) atoms. The number of carboxylic acids is 2. The fourth-order valence-corrected chi connectivity index (χ4v) is 6.59. The van der Waals surface area contributed by atoms with Gasteiger partial charge in [0.05, 0.1) is 25.1 Å². The zero-order valence-corrected chi connectivity index (χ0v) is 24.4. The largest absolute Gasteiger partial charge is 0.480 e. The van der Waals surface area contributed by atoms with E-state index < -0.39 is 35.8 Å². The van der Waals surface area contributed by atoms with Crippen molar-refractivity contribution < 1.29 is 29.4 Å². The lowest BCUT2D eigenvalue weighted by Crippen LogP contribution is -2.52. The van der Waals surface area contributed by atoms with Gasteiger partial charge in [0.1, 0.15) is 20.7 Å².